The summed E-state index contributed by atoms with van der Waals surface area (Å²) >= 11 is 0. The predicted molar refractivity (Wildman–Crippen MR) is 121 cm³/mol. The van der Waals surface area contributed by atoms with Crippen molar-refractivity contribution in [1.82, 2.24) is 24.5 Å². The lowest BCUT2D eigenvalue weighted by Gasteiger charge is -2.30. The zero-order valence-corrected chi connectivity index (χ0v) is 18.3. The van der Waals surface area contributed by atoms with Gasteiger partial charge in [0.15, 0.2) is 5.65 Å². The first kappa shape index (κ1) is 21.4. The second-order valence-corrected chi connectivity index (χ2v) is 8.37. The lowest BCUT2D eigenvalue weighted by molar-refractivity contribution is 0.0581. The van der Waals surface area contributed by atoms with Crippen LogP contribution in [0.1, 0.15) is 42.1 Å². The largest absolute Gasteiger partial charge is 0.379 e. The summed E-state index contributed by atoms with van der Waals surface area (Å²) in [6.07, 6.45) is 5.01. The summed E-state index contributed by atoms with van der Waals surface area (Å²) < 4.78 is 22.3. The number of hydrogen-bond acceptors (Lipinski definition) is 7. The molecule has 3 N–H and O–H groups in total. The molecule has 0 aromatic carbocycles. The highest BCUT2D eigenvalue weighted by Gasteiger charge is 2.33. The highest BCUT2D eigenvalue weighted by molar-refractivity contribution is 6.00. The molecule has 3 atom stereocenters. The molecule has 5 rings (SSSR count). The summed E-state index contributed by atoms with van der Waals surface area (Å²) in [6.45, 7) is 1.22. The van der Waals surface area contributed by atoms with Gasteiger partial charge >= 0.3 is 0 Å². The molecule has 4 heterocycles. The van der Waals surface area contributed by atoms with E-state index in [1.165, 1.54) is 10.7 Å². The number of amides is 1. The Morgan fingerprint density at radius 3 is 2.88 bits per heavy atom. The van der Waals surface area contributed by atoms with Crippen molar-refractivity contribution in [2.24, 2.45) is 0 Å². The fourth-order valence-corrected chi connectivity index (χ4v) is 4.21. The van der Waals surface area contributed by atoms with Crippen LogP contribution in [0, 0.1) is 0 Å². The van der Waals surface area contributed by atoms with Gasteiger partial charge in [0.05, 0.1) is 24.9 Å². The van der Waals surface area contributed by atoms with Crippen molar-refractivity contribution < 1.29 is 13.9 Å². The second kappa shape index (κ2) is 8.81. The van der Waals surface area contributed by atoms with Gasteiger partial charge in [0.2, 0.25) is 0 Å². The van der Waals surface area contributed by atoms with Crippen molar-refractivity contribution in [1.29, 1.82) is 0 Å². The second-order valence-electron chi connectivity index (χ2n) is 8.37. The number of carbonyl (C=O) groups is 1. The Hall–Kier alpha value is -3.47. The van der Waals surface area contributed by atoms with Gasteiger partial charge in [0.1, 0.15) is 29.1 Å². The maximum Gasteiger partial charge on any atom is 0.274 e. The van der Waals surface area contributed by atoms with Crippen LogP contribution in [0.5, 0.6) is 0 Å². The average molecular weight is 455 g/mol. The van der Waals surface area contributed by atoms with E-state index in [2.05, 4.69) is 26.0 Å². The fourth-order valence-electron chi connectivity index (χ4n) is 4.21. The van der Waals surface area contributed by atoms with Gasteiger partial charge in [0, 0.05) is 25.9 Å². The van der Waals surface area contributed by atoms with E-state index in [0.717, 1.165) is 12.8 Å². The van der Waals surface area contributed by atoms with Crippen LogP contribution < -0.4 is 21.5 Å². The van der Waals surface area contributed by atoms with Crippen LogP contribution in [0.3, 0.4) is 0 Å². The molecule has 11 heteroatoms. The van der Waals surface area contributed by atoms with Crippen LogP contribution in [0.2, 0.25) is 0 Å². The minimum Gasteiger partial charge on any atom is -0.379 e. The van der Waals surface area contributed by atoms with Gasteiger partial charge in [-0.3, -0.25) is 9.59 Å². The summed E-state index contributed by atoms with van der Waals surface area (Å²) in [4.78, 5) is 30.4. The Kier molecular flexibility index (Phi) is 5.71. The van der Waals surface area contributed by atoms with Gasteiger partial charge in [-0.2, -0.15) is 9.61 Å². The standard InChI is InChI=1S/C22H26FN7O3/c1-24-19-10-18(26-17-5-2-8-29(22(17)32)13-4-3-9-33-12-13)28-20-14(11-25-30(19)20)21(31)27-16-7-6-15(16)23/h2,5,8,10-11,13,15-16,24H,3-4,6-7,9,12H2,1H3,(H,26,28)(H,27,31)/t13?,15-,16-/m0/s1. The van der Waals surface area contributed by atoms with Crippen LogP contribution in [-0.4, -0.2) is 57.5 Å². The van der Waals surface area contributed by atoms with Crippen LogP contribution in [0.25, 0.3) is 5.65 Å². The molecule has 174 valence electrons. The Morgan fingerprint density at radius 1 is 1.30 bits per heavy atom. The zero-order chi connectivity index (χ0) is 22.9. The molecule has 1 unspecified atom stereocenters. The molecule has 2 fully saturated rings. The van der Waals surface area contributed by atoms with Gasteiger partial charge in [-0.25, -0.2) is 9.37 Å². The Bertz CT molecular complexity index is 1230. The molecule has 3 aromatic heterocycles. The number of fused-ring (bicyclic) bond motifs is 1. The smallest absolute Gasteiger partial charge is 0.274 e. The number of halogens is 1. The van der Waals surface area contributed by atoms with E-state index in [1.807, 2.05) is 0 Å². The van der Waals surface area contributed by atoms with Crippen molar-refractivity contribution in [3.8, 4) is 0 Å². The number of anilines is 3. The van der Waals surface area contributed by atoms with Gasteiger partial charge in [-0.05, 0) is 37.8 Å². The third-order valence-electron chi connectivity index (χ3n) is 6.25. The molecule has 1 amide bonds. The Labute approximate surface area is 189 Å². The average Bonchev–Trinajstić information content (AvgIpc) is 3.27. The third kappa shape index (κ3) is 4.04. The van der Waals surface area contributed by atoms with Crippen LogP contribution in [0.4, 0.5) is 21.7 Å². The number of carbonyl (C=O) groups excluding carboxylic acids is 1. The quantitative estimate of drug-likeness (QED) is 0.522. The summed E-state index contributed by atoms with van der Waals surface area (Å²) in [5.41, 5.74) is 0.723. The molecule has 33 heavy (non-hydrogen) atoms. The highest BCUT2D eigenvalue weighted by atomic mass is 19.1. The van der Waals surface area contributed by atoms with Gasteiger partial charge < -0.3 is 25.3 Å². The first-order chi connectivity index (χ1) is 16.0. The number of rotatable bonds is 6. The summed E-state index contributed by atoms with van der Waals surface area (Å²) in [6, 6.07) is 4.71. The van der Waals surface area contributed by atoms with Gasteiger partial charge in [-0.1, -0.05) is 0 Å². The van der Waals surface area contributed by atoms with Crippen molar-refractivity contribution in [2.75, 3.05) is 30.9 Å². The van der Waals surface area contributed by atoms with Gasteiger partial charge in [0.25, 0.3) is 11.5 Å². The molecule has 1 aliphatic heterocycles. The normalized spacial score (nSPS) is 22.5. The van der Waals surface area contributed by atoms with E-state index in [1.54, 1.807) is 36.0 Å². The minimum atomic E-state index is -1.02. The van der Waals surface area contributed by atoms with Crippen LogP contribution in [0.15, 0.2) is 35.4 Å². The molecule has 2 aliphatic rings. The van der Waals surface area contributed by atoms with E-state index in [4.69, 9.17) is 4.74 Å². The third-order valence-corrected chi connectivity index (χ3v) is 6.25. The predicted octanol–water partition coefficient (Wildman–Crippen LogP) is 2.26. The number of hydrogen-bond donors (Lipinski definition) is 3. The maximum absolute atomic E-state index is 13.6. The van der Waals surface area contributed by atoms with Crippen molar-refractivity contribution in [3.05, 3.63) is 46.5 Å². The molecule has 10 nitrogen and oxygen atoms in total. The molecule has 1 aliphatic carbocycles. The maximum atomic E-state index is 13.6. The Balaban J connectivity index is 1.46. The lowest BCUT2D eigenvalue weighted by atomic mass is 9.90. The topological polar surface area (TPSA) is 115 Å². The number of nitrogens with zero attached hydrogens (tertiary/aromatic N) is 4. The summed E-state index contributed by atoms with van der Waals surface area (Å²) in [7, 11) is 1.72. The summed E-state index contributed by atoms with van der Waals surface area (Å²) in [5, 5.41) is 13.1. The number of aromatic nitrogens is 4. The Morgan fingerprint density at radius 2 is 2.18 bits per heavy atom. The van der Waals surface area contributed by atoms with Crippen molar-refractivity contribution in [3.63, 3.8) is 0 Å². The lowest BCUT2D eigenvalue weighted by Crippen LogP contribution is -2.48. The first-order valence-corrected chi connectivity index (χ1v) is 11.1. The molecule has 0 spiro atoms. The highest BCUT2D eigenvalue weighted by Crippen LogP contribution is 2.25. The van der Waals surface area contributed by atoms with Crippen LogP contribution >= 0.6 is 0 Å². The minimum absolute atomic E-state index is 0.00715. The molecule has 0 bridgehead atoms. The molecular formula is C22H26FN7O3. The number of alkyl halides is 1. The van der Waals surface area contributed by atoms with E-state index in [-0.39, 0.29) is 17.2 Å². The fraction of sp³-hybridized carbons (Fsp3) is 0.455. The SMILES string of the molecule is CNc1cc(Nc2cccn(C3CCCOC3)c2=O)nc2c(C(=O)N[C@H]3CC[C@@H]3F)cnn12. The number of pyridine rings is 1. The molecule has 1 saturated heterocycles. The summed E-state index contributed by atoms with van der Waals surface area (Å²) in [5.74, 6) is 0.525. The van der Waals surface area contributed by atoms with Gasteiger partial charge in [-0.15, -0.1) is 0 Å². The monoisotopic (exact) mass is 455 g/mol. The number of ether oxygens (including phenoxy) is 1. The zero-order valence-electron chi connectivity index (χ0n) is 18.3. The van der Waals surface area contributed by atoms with E-state index >= 15 is 0 Å². The first-order valence-electron chi connectivity index (χ1n) is 11.1. The number of nitrogens with one attached hydrogen (secondary N) is 3. The molecular weight excluding hydrogens is 429 g/mol. The van der Waals surface area contributed by atoms with Crippen molar-refractivity contribution in [2.45, 2.75) is 43.9 Å². The van der Waals surface area contributed by atoms with Crippen LogP contribution in [-0.2, 0) is 4.74 Å². The van der Waals surface area contributed by atoms with E-state index in [0.29, 0.717) is 49.0 Å². The van der Waals surface area contributed by atoms with E-state index < -0.39 is 18.1 Å². The molecule has 1 saturated carbocycles. The molecule has 0 radical (unpaired) electrons. The molecule has 3 aromatic rings. The van der Waals surface area contributed by atoms with E-state index in [9.17, 15) is 14.0 Å². The van der Waals surface area contributed by atoms with Crippen molar-refractivity contribution >= 4 is 28.9 Å².